The molecule has 1 fully saturated rings. The second-order valence-corrected chi connectivity index (χ2v) is 5.70. The quantitative estimate of drug-likeness (QED) is 0.907. The molecule has 0 aromatic heterocycles. The number of benzene rings is 1. The number of likely N-dealkylation sites (tertiary alicyclic amines) is 1. The summed E-state index contributed by atoms with van der Waals surface area (Å²) in [7, 11) is 2.18. The van der Waals surface area contributed by atoms with E-state index in [4.69, 9.17) is 23.2 Å². The van der Waals surface area contributed by atoms with E-state index in [0.717, 1.165) is 24.6 Å². The van der Waals surface area contributed by atoms with Gasteiger partial charge in [-0.15, -0.1) is 0 Å². The van der Waals surface area contributed by atoms with Crippen LogP contribution in [0, 0.1) is 5.92 Å². The lowest BCUT2D eigenvalue weighted by Gasteiger charge is -2.12. The fourth-order valence-electron chi connectivity index (χ4n) is 2.33. The Hall–Kier alpha value is -0.280. The number of nitrogens with one attached hydrogen (secondary N) is 1. The van der Waals surface area contributed by atoms with Gasteiger partial charge in [0.05, 0.1) is 0 Å². The molecular formula is C13H18Cl2N2. The molecule has 0 radical (unpaired) electrons. The number of halogens is 2. The molecule has 1 aliphatic heterocycles. The van der Waals surface area contributed by atoms with Crippen LogP contribution in [0.1, 0.15) is 12.0 Å². The summed E-state index contributed by atoms with van der Waals surface area (Å²) in [6.07, 6.45) is 1.29. The van der Waals surface area contributed by atoms with E-state index in [2.05, 4.69) is 17.3 Å². The highest BCUT2D eigenvalue weighted by Crippen LogP contribution is 2.19. The van der Waals surface area contributed by atoms with Gasteiger partial charge in [-0.3, -0.25) is 0 Å². The van der Waals surface area contributed by atoms with E-state index in [9.17, 15) is 0 Å². The summed E-state index contributed by atoms with van der Waals surface area (Å²) in [5.41, 5.74) is 1.15. The summed E-state index contributed by atoms with van der Waals surface area (Å²) in [6, 6.07) is 5.68. The van der Waals surface area contributed by atoms with E-state index in [1.54, 1.807) is 6.07 Å². The van der Waals surface area contributed by atoms with Crippen molar-refractivity contribution < 1.29 is 0 Å². The maximum atomic E-state index is 5.96. The van der Waals surface area contributed by atoms with E-state index in [-0.39, 0.29) is 0 Å². The molecule has 1 heterocycles. The third-order valence-corrected chi connectivity index (χ3v) is 3.61. The van der Waals surface area contributed by atoms with Crippen molar-refractivity contribution in [2.75, 3.05) is 26.7 Å². The zero-order valence-electron chi connectivity index (χ0n) is 10.0. The van der Waals surface area contributed by atoms with E-state index in [0.29, 0.717) is 10.0 Å². The van der Waals surface area contributed by atoms with E-state index in [1.807, 2.05) is 12.1 Å². The Morgan fingerprint density at radius 2 is 2.00 bits per heavy atom. The third-order valence-electron chi connectivity index (χ3n) is 3.17. The van der Waals surface area contributed by atoms with Gasteiger partial charge in [-0.1, -0.05) is 23.2 Å². The lowest BCUT2D eigenvalue weighted by atomic mass is 10.1. The molecule has 2 rings (SSSR count). The van der Waals surface area contributed by atoms with Crippen LogP contribution >= 0.6 is 23.2 Å². The van der Waals surface area contributed by atoms with E-state index in [1.165, 1.54) is 19.5 Å². The minimum atomic E-state index is 0.704. The van der Waals surface area contributed by atoms with Gasteiger partial charge in [0.1, 0.15) is 0 Å². The normalized spacial score (nSPS) is 21.0. The molecule has 4 heteroatoms. The van der Waals surface area contributed by atoms with Crippen LogP contribution in [0.2, 0.25) is 10.0 Å². The van der Waals surface area contributed by atoms with Gasteiger partial charge in [-0.2, -0.15) is 0 Å². The van der Waals surface area contributed by atoms with Crippen molar-refractivity contribution in [2.24, 2.45) is 5.92 Å². The van der Waals surface area contributed by atoms with Crippen molar-refractivity contribution in [1.29, 1.82) is 0 Å². The largest absolute Gasteiger partial charge is 0.312 e. The van der Waals surface area contributed by atoms with Crippen LogP contribution in [0.4, 0.5) is 0 Å². The fourth-order valence-corrected chi connectivity index (χ4v) is 2.90. The van der Waals surface area contributed by atoms with Crippen molar-refractivity contribution in [3.8, 4) is 0 Å². The summed E-state index contributed by atoms with van der Waals surface area (Å²) in [5.74, 6) is 0.773. The Labute approximate surface area is 113 Å². The number of nitrogens with zero attached hydrogens (tertiary/aromatic N) is 1. The molecule has 0 amide bonds. The zero-order chi connectivity index (χ0) is 12.3. The van der Waals surface area contributed by atoms with Gasteiger partial charge in [-0.25, -0.2) is 0 Å². The maximum Gasteiger partial charge on any atom is 0.0424 e. The lowest BCUT2D eigenvalue weighted by Crippen LogP contribution is -2.24. The second kappa shape index (κ2) is 6.05. The van der Waals surface area contributed by atoms with Gasteiger partial charge in [0.2, 0.25) is 0 Å². The zero-order valence-corrected chi connectivity index (χ0v) is 11.6. The highest BCUT2D eigenvalue weighted by molar-refractivity contribution is 6.34. The molecule has 1 N–H and O–H groups in total. The van der Waals surface area contributed by atoms with Crippen LogP contribution in [-0.4, -0.2) is 31.6 Å². The van der Waals surface area contributed by atoms with Crippen molar-refractivity contribution in [2.45, 2.75) is 13.0 Å². The first-order chi connectivity index (χ1) is 8.13. The summed E-state index contributed by atoms with van der Waals surface area (Å²) >= 11 is 11.9. The predicted octanol–water partition coefficient (Wildman–Crippen LogP) is 3.03. The van der Waals surface area contributed by atoms with Gasteiger partial charge in [0, 0.05) is 23.1 Å². The van der Waals surface area contributed by atoms with E-state index < -0.39 is 0 Å². The Bertz CT molecular complexity index is 361. The minimum Gasteiger partial charge on any atom is -0.312 e. The molecule has 0 saturated carbocycles. The van der Waals surface area contributed by atoms with Crippen LogP contribution in [0.5, 0.6) is 0 Å². The standard InChI is InChI=1S/C13H18Cl2N2/c1-17-3-2-10(9-17)7-16-8-11-4-12(14)6-13(15)5-11/h4-6,10,16H,2-3,7-9H2,1H3. The Morgan fingerprint density at radius 1 is 1.29 bits per heavy atom. The Morgan fingerprint density at radius 3 is 2.59 bits per heavy atom. The summed E-state index contributed by atoms with van der Waals surface area (Å²) < 4.78 is 0. The molecule has 0 aliphatic carbocycles. The monoisotopic (exact) mass is 272 g/mol. The van der Waals surface area contributed by atoms with Crippen LogP contribution in [0.3, 0.4) is 0 Å². The summed E-state index contributed by atoms with van der Waals surface area (Å²) in [6.45, 7) is 4.31. The van der Waals surface area contributed by atoms with Gasteiger partial charge < -0.3 is 10.2 Å². The highest BCUT2D eigenvalue weighted by atomic mass is 35.5. The summed E-state index contributed by atoms with van der Waals surface area (Å²) in [5, 5.41) is 4.88. The number of hydrogen-bond donors (Lipinski definition) is 1. The number of hydrogen-bond acceptors (Lipinski definition) is 2. The molecule has 0 spiro atoms. The third kappa shape index (κ3) is 4.14. The molecule has 1 aromatic carbocycles. The molecule has 94 valence electrons. The average Bonchev–Trinajstić information content (AvgIpc) is 2.63. The maximum absolute atomic E-state index is 5.96. The number of rotatable bonds is 4. The summed E-state index contributed by atoms with van der Waals surface area (Å²) in [4.78, 5) is 2.38. The molecule has 2 nitrogen and oxygen atoms in total. The van der Waals surface area contributed by atoms with Gasteiger partial charge >= 0.3 is 0 Å². The van der Waals surface area contributed by atoms with Gasteiger partial charge in [0.25, 0.3) is 0 Å². The first-order valence-electron chi connectivity index (χ1n) is 5.98. The highest BCUT2D eigenvalue weighted by Gasteiger charge is 2.18. The van der Waals surface area contributed by atoms with Crippen molar-refractivity contribution in [3.05, 3.63) is 33.8 Å². The average molecular weight is 273 g/mol. The molecule has 1 aromatic rings. The molecule has 1 saturated heterocycles. The van der Waals surface area contributed by atoms with Crippen LogP contribution in [0.15, 0.2) is 18.2 Å². The molecule has 1 aliphatic rings. The predicted molar refractivity (Wildman–Crippen MR) is 73.8 cm³/mol. The van der Waals surface area contributed by atoms with Crippen LogP contribution < -0.4 is 5.32 Å². The van der Waals surface area contributed by atoms with Crippen molar-refractivity contribution in [1.82, 2.24) is 10.2 Å². The minimum absolute atomic E-state index is 0.704. The smallest absolute Gasteiger partial charge is 0.0424 e. The van der Waals surface area contributed by atoms with Crippen LogP contribution in [0.25, 0.3) is 0 Å². The Kier molecular flexibility index (Phi) is 4.69. The molecule has 1 unspecified atom stereocenters. The second-order valence-electron chi connectivity index (χ2n) is 4.83. The molecule has 17 heavy (non-hydrogen) atoms. The van der Waals surface area contributed by atoms with Gasteiger partial charge in [-0.05, 0) is 56.2 Å². The van der Waals surface area contributed by atoms with E-state index >= 15 is 0 Å². The van der Waals surface area contributed by atoms with Crippen LogP contribution in [-0.2, 0) is 6.54 Å². The topological polar surface area (TPSA) is 15.3 Å². The molecular weight excluding hydrogens is 255 g/mol. The molecule has 0 bridgehead atoms. The first kappa shape index (κ1) is 13.2. The SMILES string of the molecule is CN1CCC(CNCc2cc(Cl)cc(Cl)c2)C1. The first-order valence-corrected chi connectivity index (χ1v) is 6.73. The fraction of sp³-hybridized carbons (Fsp3) is 0.538. The molecule has 1 atom stereocenters. The van der Waals surface area contributed by atoms with Crippen molar-refractivity contribution >= 4 is 23.2 Å². The lowest BCUT2D eigenvalue weighted by molar-refractivity contribution is 0.388. The Balaban J connectivity index is 1.78. The van der Waals surface area contributed by atoms with Gasteiger partial charge in [0.15, 0.2) is 0 Å². The van der Waals surface area contributed by atoms with Crippen molar-refractivity contribution in [3.63, 3.8) is 0 Å².